The molecule has 0 aromatic carbocycles. The van der Waals surface area contributed by atoms with Crippen LogP contribution in [0.2, 0.25) is 0 Å². The lowest BCUT2D eigenvalue weighted by Crippen LogP contribution is -3.12. The van der Waals surface area contributed by atoms with Crippen molar-refractivity contribution in [2.75, 3.05) is 13.7 Å². The van der Waals surface area contributed by atoms with Crippen LogP contribution >= 0.6 is 11.3 Å². The number of Topliss-reactive ketones (excluding diaryl/α,β-unsaturated/α-hetero) is 1. The van der Waals surface area contributed by atoms with Crippen LogP contribution in [0.1, 0.15) is 50.8 Å². The third-order valence-corrected chi connectivity index (χ3v) is 5.21. The third kappa shape index (κ3) is 3.76. The maximum absolute atomic E-state index is 12.9. The number of esters is 1. The smallest absolute Gasteiger partial charge is 0.340 e. The van der Waals surface area contributed by atoms with Gasteiger partial charge in [-0.15, -0.1) is 11.3 Å². The Morgan fingerprint density at radius 1 is 1.38 bits per heavy atom. The van der Waals surface area contributed by atoms with Crippen molar-refractivity contribution < 1.29 is 19.2 Å². The number of ketones is 1. The van der Waals surface area contributed by atoms with Crippen LogP contribution < -0.4 is 4.90 Å². The molecule has 0 bridgehead atoms. The standard InChI is InChI=1S/C18H24N2O3S/c1-6-23-18(22)15-11(2)16(19-12(15)3)17(21)13(4)20(5)10-14-8-7-9-24-14/h7-9,13,19H,6,10H2,1-5H3/p+1/t13-/m0/s1. The number of quaternary nitrogens is 1. The van der Waals surface area contributed by atoms with Gasteiger partial charge in [0.1, 0.15) is 6.54 Å². The van der Waals surface area contributed by atoms with E-state index in [2.05, 4.69) is 11.1 Å². The maximum atomic E-state index is 12.9. The van der Waals surface area contributed by atoms with Gasteiger partial charge in [-0.25, -0.2) is 4.79 Å². The van der Waals surface area contributed by atoms with Crippen molar-refractivity contribution in [3.05, 3.63) is 44.9 Å². The Hall–Kier alpha value is -1.92. The summed E-state index contributed by atoms with van der Waals surface area (Å²) in [5.74, 6) is -0.366. The molecule has 0 saturated heterocycles. The Morgan fingerprint density at radius 3 is 2.67 bits per heavy atom. The predicted octanol–water partition coefficient (Wildman–Crippen LogP) is 2.16. The molecule has 2 aromatic rings. The van der Waals surface area contributed by atoms with Gasteiger partial charge in [0.15, 0.2) is 6.04 Å². The average molecular weight is 349 g/mol. The van der Waals surface area contributed by atoms with Gasteiger partial charge in [-0.1, -0.05) is 6.07 Å². The molecule has 2 aromatic heterocycles. The zero-order valence-corrected chi connectivity index (χ0v) is 15.7. The lowest BCUT2D eigenvalue weighted by Gasteiger charge is -2.20. The summed E-state index contributed by atoms with van der Waals surface area (Å²) in [4.78, 5) is 30.4. The number of carbonyl (C=O) groups excluding carboxylic acids is 2. The molecule has 1 unspecified atom stereocenters. The normalized spacial score (nSPS) is 13.5. The molecule has 0 radical (unpaired) electrons. The summed E-state index contributed by atoms with van der Waals surface area (Å²) in [6, 6.07) is 3.89. The van der Waals surface area contributed by atoms with Crippen molar-refractivity contribution in [3.63, 3.8) is 0 Å². The molecule has 0 amide bonds. The summed E-state index contributed by atoms with van der Waals surface area (Å²) < 4.78 is 5.09. The van der Waals surface area contributed by atoms with Crippen LogP contribution in [0, 0.1) is 13.8 Å². The summed E-state index contributed by atoms with van der Waals surface area (Å²) in [7, 11) is 2.01. The van der Waals surface area contributed by atoms with E-state index in [9.17, 15) is 9.59 Å². The molecule has 2 N–H and O–H groups in total. The second kappa shape index (κ2) is 7.77. The fourth-order valence-electron chi connectivity index (χ4n) is 2.79. The van der Waals surface area contributed by atoms with Gasteiger partial charge in [0.2, 0.25) is 5.78 Å². The molecule has 0 aliphatic carbocycles. The molecule has 24 heavy (non-hydrogen) atoms. The molecule has 0 spiro atoms. The first-order valence-electron chi connectivity index (χ1n) is 8.12. The SMILES string of the molecule is CCOC(=O)c1c(C)[nH]c(C(=O)[C@H](C)[NH+](C)Cc2cccs2)c1C. The predicted molar refractivity (Wildman–Crippen MR) is 94.9 cm³/mol. The number of ether oxygens (including phenoxy) is 1. The molecule has 2 atom stereocenters. The highest BCUT2D eigenvalue weighted by Gasteiger charge is 2.29. The van der Waals surface area contributed by atoms with Crippen LogP contribution in [0.4, 0.5) is 0 Å². The minimum Gasteiger partial charge on any atom is -0.462 e. The van der Waals surface area contributed by atoms with Crippen LogP contribution in [0.3, 0.4) is 0 Å². The number of thiophene rings is 1. The summed E-state index contributed by atoms with van der Waals surface area (Å²) in [5, 5.41) is 2.04. The number of rotatable bonds is 7. The second-order valence-corrected chi connectivity index (χ2v) is 7.07. The number of likely N-dealkylation sites (N-methyl/N-ethyl adjacent to an activating group) is 1. The van der Waals surface area contributed by atoms with Gasteiger partial charge in [-0.05, 0) is 44.7 Å². The topological polar surface area (TPSA) is 63.6 Å². The maximum Gasteiger partial charge on any atom is 0.340 e. The number of aromatic amines is 1. The number of aromatic nitrogens is 1. The van der Waals surface area contributed by atoms with Gasteiger partial charge in [-0.3, -0.25) is 4.79 Å². The van der Waals surface area contributed by atoms with Crippen LogP contribution in [-0.2, 0) is 11.3 Å². The van der Waals surface area contributed by atoms with Crippen molar-refractivity contribution in [2.24, 2.45) is 0 Å². The number of aryl methyl sites for hydroxylation is 1. The van der Waals surface area contributed by atoms with Crippen molar-refractivity contribution in [3.8, 4) is 0 Å². The minimum absolute atomic E-state index is 0.0141. The molecule has 0 fully saturated rings. The van der Waals surface area contributed by atoms with E-state index in [0.717, 1.165) is 11.4 Å². The Labute approximate surface area is 146 Å². The molecule has 2 heterocycles. The first kappa shape index (κ1) is 18.4. The Kier molecular flexibility index (Phi) is 5.96. The van der Waals surface area contributed by atoms with E-state index in [1.165, 1.54) is 4.88 Å². The van der Waals surface area contributed by atoms with Gasteiger partial charge >= 0.3 is 5.97 Å². The quantitative estimate of drug-likeness (QED) is 0.595. The molecule has 0 aliphatic rings. The molecule has 0 aliphatic heterocycles. The molecule has 0 saturated carbocycles. The molecule has 6 heteroatoms. The number of hydrogen-bond acceptors (Lipinski definition) is 4. The zero-order valence-electron chi connectivity index (χ0n) is 14.9. The van der Waals surface area contributed by atoms with E-state index >= 15 is 0 Å². The van der Waals surface area contributed by atoms with Gasteiger partial charge in [0, 0.05) is 5.69 Å². The lowest BCUT2D eigenvalue weighted by molar-refractivity contribution is -0.907. The van der Waals surface area contributed by atoms with Gasteiger partial charge in [0.25, 0.3) is 0 Å². The Balaban J connectivity index is 2.20. The monoisotopic (exact) mass is 349 g/mol. The van der Waals surface area contributed by atoms with E-state index in [1.54, 1.807) is 32.1 Å². The van der Waals surface area contributed by atoms with E-state index in [-0.39, 0.29) is 17.8 Å². The van der Waals surface area contributed by atoms with Crippen molar-refractivity contribution in [1.29, 1.82) is 0 Å². The Morgan fingerprint density at radius 2 is 2.08 bits per heavy atom. The van der Waals surface area contributed by atoms with E-state index in [0.29, 0.717) is 29.1 Å². The van der Waals surface area contributed by atoms with Crippen LogP contribution in [-0.4, -0.2) is 36.4 Å². The largest absolute Gasteiger partial charge is 0.462 e. The Bertz CT molecular complexity index is 719. The molecular formula is C18H25N2O3S+. The highest BCUT2D eigenvalue weighted by molar-refractivity contribution is 7.09. The highest BCUT2D eigenvalue weighted by Crippen LogP contribution is 2.20. The molecule has 130 valence electrons. The summed E-state index contributed by atoms with van der Waals surface area (Å²) in [5.41, 5.74) is 2.33. The zero-order chi connectivity index (χ0) is 17.9. The van der Waals surface area contributed by atoms with E-state index < -0.39 is 0 Å². The number of hydrogen-bond donors (Lipinski definition) is 2. The molecular weight excluding hydrogens is 324 g/mol. The third-order valence-electron chi connectivity index (χ3n) is 4.33. The molecule has 5 nitrogen and oxygen atoms in total. The summed E-state index contributed by atoms with van der Waals surface area (Å²) >= 11 is 1.69. The average Bonchev–Trinajstić information content (AvgIpc) is 3.14. The summed E-state index contributed by atoms with van der Waals surface area (Å²) in [6.45, 7) is 8.40. The van der Waals surface area contributed by atoms with Crippen LogP contribution in [0.15, 0.2) is 17.5 Å². The van der Waals surface area contributed by atoms with Gasteiger partial charge < -0.3 is 14.6 Å². The second-order valence-electron chi connectivity index (χ2n) is 6.03. The fraction of sp³-hybridized carbons (Fsp3) is 0.444. The van der Waals surface area contributed by atoms with E-state index in [4.69, 9.17) is 4.74 Å². The minimum atomic E-state index is -0.380. The van der Waals surface area contributed by atoms with Gasteiger partial charge in [0.05, 0.1) is 29.8 Å². The van der Waals surface area contributed by atoms with E-state index in [1.807, 2.05) is 25.4 Å². The van der Waals surface area contributed by atoms with Crippen molar-refractivity contribution in [2.45, 2.75) is 40.3 Å². The highest BCUT2D eigenvalue weighted by atomic mass is 32.1. The number of nitrogens with one attached hydrogen (secondary N) is 2. The van der Waals surface area contributed by atoms with Gasteiger partial charge in [-0.2, -0.15) is 0 Å². The molecule has 2 rings (SSSR count). The van der Waals surface area contributed by atoms with Crippen LogP contribution in [0.5, 0.6) is 0 Å². The van der Waals surface area contributed by atoms with Crippen molar-refractivity contribution >= 4 is 23.1 Å². The lowest BCUT2D eigenvalue weighted by atomic mass is 10.0. The first-order chi connectivity index (χ1) is 11.4. The number of carbonyl (C=O) groups is 2. The fourth-order valence-corrected chi connectivity index (χ4v) is 3.59. The number of H-pyrrole nitrogens is 1. The summed E-state index contributed by atoms with van der Waals surface area (Å²) in [6.07, 6.45) is 0. The van der Waals surface area contributed by atoms with Crippen LogP contribution in [0.25, 0.3) is 0 Å². The first-order valence-corrected chi connectivity index (χ1v) is 8.99. The van der Waals surface area contributed by atoms with Crippen molar-refractivity contribution in [1.82, 2.24) is 4.98 Å².